The number of nitrogens with zero attached hydrogens (tertiary/aromatic N) is 3. The van der Waals surface area contributed by atoms with Crippen LogP contribution in [0, 0.1) is 0 Å². The second-order valence-electron chi connectivity index (χ2n) is 5.81. The van der Waals surface area contributed by atoms with Crippen LogP contribution in [0.5, 0.6) is 17.2 Å². The summed E-state index contributed by atoms with van der Waals surface area (Å²) in [5.41, 5.74) is 1.05. The van der Waals surface area contributed by atoms with Gasteiger partial charge in [0, 0.05) is 38.0 Å². The summed E-state index contributed by atoms with van der Waals surface area (Å²) in [5, 5.41) is 3.30. The summed E-state index contributed by atoms with van der Waals surface area (Å²) >= 11 is 0. The van der Waals surface area contributed by atoms with Gasteiger partial charge in [0.05, 0.1) is 27.0 Å². The Morgan fingerprint density at radius 2 is 2.00 bits per heavy atom. The van der Waals surface area contributed by atoms with E-state index in [0.717, 1.165) is 35.3 Å². The Morgan fingerprint density at radius 1 is 1.18 bits per heavy atom. The maximum atomic E-state index is 5.64. The van der Waals surface area contributed by atoms with Crippen molar-refractivity contribution in [1.82, 2.24) is 15.2 Å². The normalized spacial score (nSPS) is 10.6. The van der Waals surface area contributed by atoms with Crippen molar-refractivity contribution in [3.05, 3.63) is 48.3 Å². The molecule has 28 heavy (non-hydrogen) atoms. The molecule has 0 amide bonds. The predicted molar refractivity (Wildman–Crippen MR) is 122 cm³/mol. The molecule has 1 aromatic carbocycles. The fraction of sp³-hybridized carbons (Fsp3) is 0.400. The molecule has 0 spiro atoms. The SMILES string of the molecule is CCNC(=NCCOc1cccnc1)N(C)Cc1ccc(OC)cc1OC.I. The van der Waals surface area contributed by atoms with Crippen LogP contribution in [0.4, 0.5) is 0 Å². The monoisotopic (exact) mass is 500 g/mol. The Kier molecular flexibility index (Phi) is 11.1. The number of aromatic nitrogens is 1. The smallest absolute Gasteiger partial charge is 0.194 e. The number of halogens is 1. The van der Waals surface area contributed by atoms with Crippen molar-refractivity contribution in [1.29, 1.82) is 0 Å². The first kappa shape index (κ1) is 23.8. The van der Waals surface area contributed by atoms with Gasteiger partial charge in [0.1, 0.15) is 23.9 Å². The number of benzene rings is 1. The molecule has 154 valence electrons. The zero-order valence-corrected chi connectivity index (χ0v) is 19.2. The van der Waals surface area contributed by atoms with Crippen LogP contribution in [-0.4, -0.2) is 56.8 Å². The third-order valence-corrected chi connectivity index (χ3v) is 3.85. The first-order chi connectivity index (χ1) is 13.2. The molecule has 1 heterocycles. The summed E-state index contributed by atoms with van der Waals surface area (Å²) in [6.45, 7) is 4.51. The van der Waals surface area contributed by atoms with E-state index in [-0.39, 0.29) is 24.0 Å². The first-order valence-corrected chi connectivity index (χ1v) is 8.91. The first-order valence-electron chi connectivity index (χ1n) is 8.91. The topological polar surface area (TPSA) is 68.2 Å². The molecule has 0 unspecified atom stereocenters. The van der Waals surface area contributed by atoms with Gasteiger partial charge in [-0.3, -0.25) is 4.98 Å². The summed E-state index contributed by atoms with van der Waals surface area (Å²) in [7, 11) is 5.30. The Bertz CT molecular complexity index is 729. The molecule has 0 aliphatic carbocycles. The van der Waals surface area contributed by atoms with Gasteiger partial charge in [-0.15, -0.1) is 24.0 Å². The fourth-order valence-electron chi connectivity index (χ4n) is 2.53. The zero-order valence-electron chi connectivity index (χ0n) is 16.8. The van der Waals surface area contributed by atoms with E-state index >= 15 is 0 Å². The molecule has 1 aromatic heterocycles. The number of aliphatic imine (C=N–C) groups is 1. The third kappa shape index (κ3) is 7.41. The number of guanidine groups is 1. The van der Waals surface area contributed by atoms with Gasteiger partial charge < -0.3 is 24.4 Å². The highest BCUT2D eigenvalue weighted by Crippen LogP contribution is 2.25. The summed E-state index contributed by atoms with van der Waals surface area (Å²) < 4.78 is 16.4. The highest BCUT2D eigenvalue weighted by molar-refractivity contribution is 14.0. The Hall–Kier alpha value is -2.23. The largest absolute Gasteiger partial charge is 0.497 e. The molecular formula is C20H29IN4O3. The number of pyridine rings is 1. The van der Waals surface area contributed by atoms with Crippen LogP contribution in [0.2, 0.25) is 0 Å². The van der Waals surface area contributed by atoms with Gasteiger partial charge in [0.25, 0.3) is 0 Å². The second kappa shape index (κ2) is 13.0. The lowest BCUT2D eigenvalue weighted by molar-refractivity contribution is 0.326. The minimum Gasteiger partial charge on any atom is -0.497 e. The van der Waals surface area contributed by atoms with Crippen LogP contribution in [0.25, 0.3) is 0 Å². The molecule has 7 nitrogen and oxygen atoms in total. The predicted octanol–water partition coefficient (Wildman–Crippen LogP) is 3.19. The van der Waals surface area contributed by atoms with Crippen molar-refractivity contribution in [2.24, 2.45) is 4.99 Å². The second-order valence-corrected chi connectivity index (χ2v) is 5.81. The maximum absolute atomic E-state index is 5.64. The average molecular weight is 500 g/mol. The maximum Gasteiger partial charge on any atom is 0.194 e. The van der Waals surface area contributed by atoms with Crippen LogP contribution in [0.3, 0.4) is 0 Å². The molecule has 2 rings (SSSR count). The van der Waals surface area contributed by atoms with Crippen LogP contribution < -0.4 is 19.5 Å². The van der Waals surface area contributed by atoms with Crippen LogP contribution >= 0.6 is 24.0 Å². The Balaban J connectivity index is 0.00000392. The Labute approximate surface area is 184 Å². The van der Waals surface area contributed by atoms with E-state index in [1.165, 1.54) is 0 Å². The van der Waals surface area contributed by atoms with Crippen molar-refractivity contribution in [3.8, 4) is 17.2 Å². The van der Waals surface area contributed by atoms with Crippen LogP contribution in [-0.2, 0) is 6.54 Å². The minimum absolute atomic E-state index is 0. The van der Waals surface area contributed by atoms with E-state index in [0.29, 0.717) is 19.7 Å². The quantitative estimate of drug-likeness (QED) is 0.247. The fourth-order valence-corrected chi connectivity index (χ4v) is 2.53. The van der Waals surface area contributed by atoms with Crippen molar-refractivity contribution < 1.29 is 14.2 Å². The summed E-state index contributed by atoms with van der Waals surface area (Å²) in [6.07, 6.45) is 3.41. The molecule has 0 saturated heterocycles. The van der Waals surface area contributed by atoms with Crippen molar-refractivity contribution in [2.45, 2.75) is 13.5 Å². The number of hydrogen-bond acceptors (Lipinski definition) is 5. The van der Waals surface area contributed by atoms with E-state index in [1.807, 2.05) is 44.3 Å². The number of rotatable bonds is 9. The van der Waals surface area contributed by atoms with Crippen molar-refractivity contribution >= 4 is 29.9 Å². The lowest BCUT2D eigenvalue weighted by Crippen LogP contribution is -2.38. The number of ether oxygens (including phenoxy) is 3. The van der Waals surface area contributed by atoms with E-state index in [4.69, 9.17) is 14.2 Å². The molecule has 0 saturated carbocycles. The lowest BCUT2D eigenvalue weighted by atomic mass is 10.2. The number of methoxy groups -OCH3 is 2. The molecule has 0 aliphatic rings. The third-order valence-electron chi connectivity index (χ3n) is 3.85. The molecule has 1 N–H and O–H groups in total. The Morgan fingerprint density at radius 3 is 2.64 bits per heavy atom. The zero-order chi connectivity index (χ0) is 19.5. The number of hydrogen-bond donors (Lipinski definition) is 1. The van der Waals surface area contributed by atoms with Gasteiger partial charge >= 0.3 is 0 Å². The van der Waals surface area contributed by atoms with E-state index in [9.17, 15) is 0 Å². The van der Waals surface area contributed by atoms with E-state index in [1.54, 1.807) is 26.6 Å². The number of nitrogens with one attached hydrogen (secondary N) is 1. The molecule has 0 atom stereocenters. The molecule has 2 aromatic rings. The van der Waals surface area contributed by atoms with Gasteiger partial charge in [0.2, 0.25) is 0 Å². The van der Waals surface area contributed by atoms with Crippen LogP contribution in [0.15, 0.2) is 47.7 Å². The van der Waals surface area contributed by atoms with Crippen molar-refractivity contribution in [2.75, 3.05) is 41.0 Å². The van der Waals surface area contributed by atoms with Crippen LogP contribution in [0.1, 0.15) is 12.5 Å². The highest BCUT2D eigenvalue weighted by Gasteiger charge is 2.11. The van der Waals surface area contributed by atoms with Gasteiger partial charge in [0.15, 0.2) is 5.96 Å². The summed E-state index contributed by atoms with van der Waals surface area (Å²) in [6, 6.07) is 9.54. The molecule has 0 radical (unpaired) electrons. The minimum atomic E-state index is 0. The van der Waals surface area contributed by atoms with Gasteiger partial charge in [-0.05, 0) is 31.2 Å². The average Bonchev–Trinajstić information content (AvgIpc) is 2.71. The summed E-state index contributed by atoms with van der Waals surface area (Å²) in [4.78, 5) is 10.7. The lowest BCUT2D eigenvalue weighted by Gasteiger charge is -2.23. The van der Waals surface area contributed by atoms with E-state index < -0.39 is 0 Å². The standard InChI is InChI=1S/C20H28N4O3.HI/c1-5-22-20(23-11-12-27-18-7-6-10-21-14-18)24(2)15-16-8-9-17(25-3)13-19(16)26-4;/h6-10,13-14H,5,11-12,15H2,1-4H3,(H,22,23);1H. The van der Waals surface area contributed by atoms with E-state index in [2.05, 4.69) is 20.2 Å². The summed E-state index contributed by atoms with van der Waals surface area (Å²) in [5.74, 6) is 3.11. The molecule has 0 bridgehead atoms. The van der Waals surface area contributed by atoms with Gasteiger partial charge in [-0.1, -0.05) is 0 Å². The molecule has 0 aliphatic heterocycles. The van der Waals surface area contributed by atoms with Gasteiger partial charge in [-0.2, -0.15) is 0 Å². The van der Waals surface area contributed by atoms with Crippen molar-refractivity contribution in [3.63, 3.8) is 0 Å². The molecular weight excluding hydrogens is 471 g/mol. The van der Waals surface area contributed by atoms with Gasteiger partial charge in [-0.25, -0.2) is 4.99 Å². The molecule has 0 fully saturated rings. The highest BCUT2D eigenvalue weighted by atomic mass is 127. The molecule has 8 heteroatoms.